The van der Waals surface area contributed by atoms with Crippen LogP contribution in [0.3, 0.4) is 0 Å². The Morgan fingerprint density at radius 1 is 0.947 bits per heavy atom. The van der Waals surface area contributed by atoms with Gasteiger partial charge in [-0.15, -0.1) is 0 Å². The van der Waals surface area contributed by atoms with Gasteiger partial charge in [-0.05, 0) is 41.3 Å². The molecule has 3 aromatic rings. The highest BCUT2D eigenvalue weighted by atomic mass is 16.3. The van der Waals surface area contributed by atoms with Crippen LogP contribution in [0.4, 0.5) is 0 Å². The maximum absolute atomic E-state index is 9.08. The van der Waals surface area contributed by atoms with Crippen LogP contribution < -0.4 is 0 Å². The van der Waals surface area contributed by atoms with Crippen molar-refractivity contribution in [2.45, 2.75) is 13.5 Å². The number of benzene rings is 2. The summed E-state index contributed by atoms with van der Waals surface area (Å²) in [5, 5.41) is 9.08. The van der Waals surface area contributed by atoms with Gasteiger partial charge in [-0.1, -0.05) is 24.3 Å². The molecule has 0 bridgehead atoms. The van der Waals surface area contributed by atoms with Gasteiger partial charge in [0.2, 0.25) is 0 Å². The Balaban J connectivity index is 2.15. The smallest absolute Gasteiger partial charge is 0.0893 e. The molecule has 0 spiro atoms. The molecule has 0 aliphatic carbocycles. The number of aromatic nitrogens is 2. The molecule has 94 valence electrons. The standard InChI is InChI=1S/C16H14N2O/c1-11-8-15-16(18-7-6-17-15)9-14(11)13-4-2-12(10-19)3-5-13/h2-9,19H,10H2,1H3. The van der Waals surface area contributed by atoms with E-state index in [1.165, 1.54) is 5.56 Å². The molecule has 3 heteroatoms. The van der Waals surface area contributed by atoms with Gasteiger partial charge >= 0.3 is 0 Å². The monoisotopic (exact) mass is 250 g/mol. The summed E-state index contributed by atoms with van der Waals surface area (Å²) in [7, 11) is 0. The summed E-state index contributed by atoms with van der Waals surface area (Å²) in [5.74, 6) is 0. The van der Waals surface area contributed by atoms with Crippen molar-refractivity contribution in [3.05, 3.63) is 59.9 Å². The summed E-state index contributed by atoms with van der Waals surface area (Å²) < 4.78 is 0. The van der Waals surface area contributed by atoms with Gasteiger partial charge in [0, 0.05) is 12.4 Å². The van der Waals surface area contributed by atoms with Crippen LogP contribution in [0.25, 0.3) is 22.2 Å². The van der Waals surface area contributed by atoms with Crippen LogP contribution in [0.2, 0.25) is 0 Å². The van der Waals surface area contributed by atoms with Crippen molar-refractivity contribution < 1.29 is 5.11 Å². The fraction of sp³-hybridized carbons (Fsp3) is 0.125. The molecule has 0 radical (unpaired) electrons. The Morgan fingerprint density at radius 2 is 1.58 bits per heavy atom. The van der Waals surface area contributed by atoms with Gasteiger partial charge in [-0.2, -0.15) is 0 Å². The van der Waals surface area contributed by atoms with E-state index < -0.39 is 0 Å². The Bertz CT molecular complexity index is 720. The highest BCUT2D eigenvalue weighted by Gasteiger charge is 2.05. The third-order valence-electron chi connectivity index (χ3n) is 3.26. The summed E-state index contributed by atoms with van der Waals surface area (Å²) in [5.41, 5.74) is 6.18. The van der Waals surface area contributed by atoms with Gasteiger partial charge < -0.3 is 5.11 Å². The quantitative estimate of drug-likeness (QED) is 0.760. The molecule has 3 rings (SSSR count). The molecular weight excluding hydrogens is 236 g/mol. The summed E-state index contributed by atoms with van der Waals surface area (Å²) >= 11 is 0. The Morgan fingerprint density at radius 3 is 2.21 bits per heavy atom. The highest BCUT2D eigenvalue weighted by molar-refractivity contribution is 5.83. The third kappa shape index (κ3) is 2.20. The second-order valence-electron chi connectivity index (χ2n) is 4.57. The average molecular weight is 250 g/mol. The lowest BCUT2D eigenvalue weighted by atomic mass is 9.99. The van der Waals surface area contributed by atoms with Crippen molar-refractivity contribution >= 4 is 11.0 Å². The lowest BCUT2D eigenvalue weighted by molar-refractivity contribution is 0.282. The summed E-state index contributed by atoms with van der Waals surface area (Å²) in [6.45, 7) is 2.14. The maximum Gasteiger partial charge on any atom is 0.0893 e. The van der Waals surface area contributed by atoms with Crippen LogP contribution in [0.15, 0.2) is 48.8 Å². The van der Waals surface area contributed by atoms with Gasteiger partial charge in [-0.25, -0.2) is 0 Å². The van der Waals surface area contributed by atoms with Crippen molar-refractivity contribution in [1.29, 1.82) is 0 Å². The van der Waals surface area contributed by atoms with E-state index in [-0.39, 0.29) is 6.61 Å². The van der Waals surface area contributed by atoms with Gasteiger partial charge in [-0.3, -0.25) is 9.97 Å². The largest absolute Gasteiger partial charge is 0.392 e. The SMILES string of the molecule is Cc1cc2nccnc2cc1-c1ccc(CO)cc1. The van der Waals surface area contributed by atoms with E-state index in [0.29, 0.717) is 0 Å². The molecule has 0 saturated carbocycles. The summed E-state index contributed by atoms with van der Waals surface area (Å²) in [4.78, 5) is 8.65. The predicted octanol–water partition coefficient (Wildman–Crippen LogP) is 3.10. The van der Waals surface area contributed by atoms with E-state index >= 15 is 0 Å². The first kappa shape index (κ1) is 11.8. The van der Waals surface area contributed by atoms with Crippen LogP contribution in [-0.4, -0.2) is 15.1 Å². The molecule has 0 atom stereocenters. The summed E-state index contributed by atoms with van der Waals surface area (Å²) in [6.07, 6.45) is 3.41. The molecule has 19 heavy (non-hydrogen) atoms. The number of fused-ring (bicyclic) bond motifs is 1. The zero-order valence-electron chi connectivity index (χ0n) is 10.7. The van der Waals surface area contributed by atoms with Crippen molar-refractivity contribution in [2.75, 3.05) is 0 Å². The van der Waals surface area contributed by atoms with Crippen LogP contribution in [-0.2, 0) is 6.61 Å². The van der Waals surface area contributed by atoms with Crippen molar-refractivity contribution in [3.63, 3.8) is 0 Å². The normalized spacial score (nSPS) is 10.8. The molecule has 1 N–H and O–H groups in total. The Kier molecular flexibility index (Phi) is 2.97. The van der Waals surface area contributed by atoms with Crippen molar-refractivity contribution in [3.8, 4) is 11.1 Å². The highest BCUT2D eigenvalue weighted by Crippen LogP contribution is 2.27. The molecule has 0 aliphatic rings. The van der Waals surface area contributed by atoms with Crippen molar-refractivity contribution in [2.24, 2.45) is 0 Å². The van der Waals surface area contributed by atoms with Gasteiger partial charge in [0.1, 0.15) is 0 Å². The van der Waals surface area contributed by atoms with Crippen LogP contribution >= 0.6 is 0 Å². The van der Waals surface area contributed by atoms with E-state index in [0.717, 1.165) is 27.7 Å². The van der Waals surface area contributed by atoms with E-state index in [9.17, 15) is 0 Å². The van der Waals surface area contributed by atoms with E-state index in [2.05, 4.69) is 29.0 Å². The zero-order valence-corrected chi connectivity index (χ0v) is 10.7. The second-order valence-corrected chi connectivity index (χ2v) is 4.57. The lowest BCUT2D eigenvalue weighted by Gasteiger charge is -2.08. The number of rotatable bonds is 2. The minimum Gasteiger partial charge on any atom is -0.392 e. The van der Waals surface area contributed by atoms with Crippen LogP contribution in [0, 0.1) is 6.92 Å². The predicted molar refractivity (Wildman–Crippen MR) is 75.6 cm³/mol. The van der Waals surface area contributed by atoms with Gasteiger partial charge in [0.25, 0.3) is 0 Å². The number of aryl methyl sites for hydroxylation is 1. The number of nitrogens with zero attached hydrogens (tertiary/aromatic N) is 2. The molecule has 0 unspecified atom stereocenters. The number of aliphatic hydroxyl groups is 1. The van der Waals surface area contributed by atoms with Crippen LogP contribution in [0.5, 0.6) is 0 Å². The van der Waals surface area contributed by atoms with E-state index in [1.807, 2.05) is 24.3 Å². The minimum atomic E-state index is 0.0719. The maximum atomic E-state index is 9.08. The average Bonchev–Trinajstić information content (AvgIpc) is 2.47. The van der Waals surface area contributed by atoms with Gasteiger partial charge in [0.15, 0.2) is 0 Å². The van der Waals surface area contributed by atoms with Gasteiger partial charge in [0.05, 0.1) is 17.6 Å². The molecule has 0 aliphatic heterocycles. The zero-order chi connectivity index (χ0) is 13.2. The van der Waals surface area contributed by atoms with Crippen LogP contribution in [0.1, 0.15) is 11.1 Å². The molecule has 1 aromatic heterocycles. The lowest BCUT2D eigenvalue weighted by Crippen LogP contribution is -1.89. The van der Waals surface area contributed by atoms with Crippen molar-refractivity contribution in [1.82, 2.24) is 9.97 Å². The first-order valence-electron chi connectivity index (χ1n) is 6.19. The third-order valence-corrected chi connectivity index (χ3v) is 3.26. The first-order valence-corrected chi connectivity index (χ1v) is 6.19. The minimum absolute atomic E-state index is 0.0719. The van der Waals surface area contributed by atoms with E-state index in [4.69, 9.17) is 5.11 Å². The molecule has 1 heterocycles. The number of aliphatic hydroxyl groups excluding tert-OH is 1. The second kappa shape index (κ2) is 4.78. The molecule has 3 nitrogen and oxygen atoms in total. The number of hydrogen-bond acceptors (Lipinski definition) is 3. The molecular formula is C16H14N2O. The summed E-state index contributed by atoms with van der Waals surface area (Å²) in [6, 6.07) is 12.0. The van der Waals surface area contributed by atoms with E-state index in [1.54, 1.807) is 12.4 Å². The Labute approximate surface area is 111 Å². The fourth-order valence-corrected chi connectivity index (χ4v) is 2.22. The topological polar surface area (TPSA) is 46.0 Å². The number of hydrogen-bond donors (Lipinski definition) is 1. The first-order chi connectivity index (χ1) is 9.28. The Hall–Kier alpha value is -2.26. The fourth-order valence-electron chi connectivity index (χ4n) is 2.22. The molecule has 0 amide bonds. The molecule has 2 aromatic carbocycles. The molecule has 0 fully saturated rings. The molecule has 0 saturated heterocycles.